The summed E-state index contributed by atoms with van der Waals surface area (Å²) in [5.74, 6) is 0.616. The van der Waals surface area contributed by atoms with E-state index in [1.807, 2.05) is 22.8 Å². The van der Waals surface area contributed by atoms with Crippen molar-refractivity contribution in [3.8, 4) is 0 Å². The zero-order valence-corrected chi connectivity index (χ0v) is 17.2. The lowest BCUT2D eigenvalue weighted by Gasteiger charge is -2.13. The topological polar surface area (TPSA) is 85.3 Å². The Balaban J connectivity index is 1.90. The summed E-state index contributed by atoms with van der Waals surface area (Å²) in [4.78, 5) is 19.3. The summed E-state index contributed by atoms with van der Waals surface area (Å²) < 4.78 is 42.5. The number of anilines is 1. The summed E-state index contributed by atoms with van der Waals surface area (Å²) in [6.45, 7) is 3.02. The summed E-state index contributed by atoms with van der Waals surface area (Å²) >= 11 is 3.42. The molecular weight excluding hydrogens is 467 g/mol. The van der Waals surface area contributed by atoms with Crippen LogP contribution in [0.4, 0.5) is 24.8 Å². The number of hydrogen-bond donors (Lipinski definition) is 1. The van der Waals surface area contributed by atoms with E-state index in [9.17, 15) is 23.3 Å². The fraction of sp³-hybridized carbons (Fsp3) is 0.263. The van der Waals surface area contributed by atoms with Crippen LogP contribution < -0.4 is 10.8 Å². The van der Waals surface area contributed by atoms with Crippen LogP contribution in [-0.2, 0) is 12.7 Å². The standard InChI is InChI=1S/C19H15BrF3N5O2/c1-10(11-6-12(19(21,22)23)8-14(7-11)28(29)30)25-17-15-9-13(20)2-3-16(15)27-5-4-24-18(27)26-17/h2-3,6-10H,4-5H2,1H3,(H,24,25,26). The largest absolute Gasteiger partial charge is 0.416 e. The van der Waals surface area contributed by atoms with Crippen molar-refractivity contribution in [2.24, 2.45) is 4.99 Å². The first-order chi connectivity index (χ1) is 14.1. The second-order valence-electron chi connectivity index (χ2n) is 6.87. The van der Waals surface area contributed by atoms with Gasteiger partial charge in [0.15, 0.2) is 5.49 Å². The third-order valence-corrected chi connectivity index (χ3v) is 5.35. The predicted octanol–water partition coefficient (Wildman–Crippen LogP) is 4.81. The molecule has 0 saturated carbocycles. The first kappa shape index (κ1) is 20.3. The van der Waals surface area contributed by atoms with Gasteiger partial charge in [0.05, 0.1) is 22.0 Å². The van der Waals surface area contributed by atoms with Crippen molar-refractivity contribution in [3.63, 3.8) is 0 Å². The Morgan fingerprint density at radius 3 is 2.77 bits per heavy atom. The van der Waals surface area contributed by atoms with Gasteiger partial charge < -0.3 is 9.88 Å². The van der Waals surface area contributed by atoms with E-state index in [0.29, 0.717) is 24.0 Å². The van der Waals surface area contributed by atoms with Gasteiger partial charge >= 0.3 is 6.18 Å². The summed E-state index contributed by atoms with van der Waals surface area (Å²) in [7, 11) is 0. The molecule has 7 nitrogen and oxygen atoms in total. The van der Waals surface area contributed by atoms with Crippen LogP contribution in [0.2, 0.25) is 0 Å². The van der Waals surface area contributed by atoms with E-state index in [1.54, 1.807) is 6.92 Å². The number of nitro groups is 1. The van der Waals surface area contributed by atoms with Crippen LogP contribution >= 0.6 is 15.9 Å². The van der Waals surface area contributed by atoms with E-state index in [2.05, 4.69) is 31.2 Å². The van der Waals surface area contributed by atoms with E-state index < -0.39 is 28.4 Å². The van der Waals surface area contributed by atoms with Gasteiger partial charge in [-0.05, 0) is 36.8 Å². The highest BCUT2D eigenvalue weighted by atomic mass is 79.9. The number of nitro benzene ring substituents is 1. The summed E-state index contributed by atoms with van der Waals surface area (Å²) in [5.41, 5.74) is -0.398. The molecule has 11 heteroatoms. The van der Waals surface area contributed by atoms with Crippen molar-refractivity contribution in [1.29, 1.82) is 0 Å². The number of nitrogens with one attached hydrogen (secondary N) is 1. The van der Waals surface area contributed by atoms with Crippen molar-refractivity contribution in [2.75, 3.05) is 11.9 Å². The van der Waals surface area contributed by atoms with Crippen LogP contribution in [0.3, 0.4) is 0 Å². The molecule has 0 spiro atoms. The average Bonchev–Trinajstić information content (AvgIpc) is 3.15. The zero-order chi connectivity index (χ0) is 21.6. The second kappa shape index (κ2) is 7.38. The Morgan fingerprint density at radius 1 is 1.30 bits per heavy atom. The minimum Gasteiger partial charge on any atom is -0.354 e. The van der Waals surface area contributed by atoms with Gasteiger partial charge in [-0.25, -0.2) is 0 Å². The third kappa shape index (κ3) is 3.76. The molecule has 0 saturated heterocycles. The SMILES string of the molecule is CC(N=c1nc2n(c3ccc(Br)cc13)CCN2)c1cc([N+](=O)[O-])cc(C(F)(F)F)c1. The van der Waals surface area contributed by atoms with Crippen LogP contribution in [0.25, 0.3) is 10.9 Å². The number of fused-ring (bicyclic) bond motifs is 3. The fourth-order valence-electron chi connectivity index (χ4n) is 3.40. The van der Waals surface area contributed by atoms with Gasteiger partial charge in [-0.2, -0.15) is 18.2 Å². The molecule has 1 unspecified atom stereocenters. The van der Waals surface area contributed by atoms with Crippen molar-refractivity contribution >= 4 is 38.5 Å². The lowest BCUT2D eigenvalue weighted by Crippen LogP contribution is -2.16. The Bertz CT molecular complexity index is 1240. The van der Waals surface area contributed by atoms with Crippen molar-refractivity contribution in [1.82, 2.24) is 9.55 Å². The molecule has 1 aliphatic rings. The predicted molar refractivity (Wildman–Crippen MR) is 108 cm³/mol. The van der Waals surface area contributed by atoms with E-state index in [-0.39, 0.29) is 5.56 Å². The molecule has 4 rings (SSSR count). The van der Waals surface area contributed by atoms with Crippen LogP contribution in [0, 0.1) is 10.1 Å². The van der Waals surface area contributed by atoms with Crippen LogP contribution in [0.15, 0.2) is 45.9 Å². The highest BCUT2D eigenvalue weighted by molar-refractivity contribution is 9.10. The molecule has 1 atom stereocenters. The van der Waals surface area contributed by atoms with Crippen LogP contribution in [-0.4, -0.2) is 21.0 Å². The normalized spacial score (nSPS) is 15.2. The van der Waals surface area contributed by atoms with Gasteiger partial charge in [-0.15, -0.1) is 0 Å². The molecule has 3 aromatic rings. The van der Waals surface area contributed by atoms with Crippen LogP contribution in [0.1, 0.15) is 24.1 Å². The molecule has 1 aliphatic heterocycles. The molecule has 156 valence electrons. The van der Waals surface area contributed by atoms with Gasteiger partial charge in [0, 0.05) is 35.1 Å². The number of halogens is 4. The summed E-state index contributed by atoms with van der Waals surface area (Å²) in [6, 6.07) is 7.38. The maximum absolute atomic E-state index is 13.2. The number of aromatic nitrogens is 2. The molecular formula is C19H15BrF3N5O2. The molecule has 30 heavy (non-hydrogen) atoms. The highest BCUT2D eigenvalue weighted by Crippen LogP contribution is 2.34. The number of alkyl halides is 3. The third-order valence-electron chi connectivity index (χ3n) is 4.85. The maximum Gasteiger partial charge on any atom is 0.416 e. The van der Waals surface area contributed by atoms with Crippen LogP contribution in [0.5, 0.6) is 0 Å². The van der Waals surface area contributed by atoms with Gasteiger partial charge in [0.1, 0.15) is 0 Å². The van der Waals surface area contributed by atoms with E-state index in [4.69, 9.17) is 0 Å². The molecule has 1 N–H and O–H groups in total. The lowest BCUT2D eigenvalue weighted by atomic mass is 10.0. The van der Waals surface area contributed by atoms with Gasteiger partial charge in [-0.3, -0.25) is 15.1 Å². The molecule has 0 amide bonds. The number of benzene rings is 2. The number of rotatable bonds is 3. The monoisotopic (exact) mass is 481 g/mol. The van der Waals surface area contributed by atoms with Crippen molar-refractivity contribution in [2.45, 2.75) is 25.7 Å². The minimum atomic E-state index is -4.70. The van der Waals surface area contributed by atoms with E-state index in [0.717, 1.165) is 34.1 Å². The Kier molecular flexibility index (Phi) is 5.00. The second-order valence-corrected chi connectivity index (χ2v) is 7.79. The Morgan fingerprint density at radius 2 is 2.07 bits per heavy atom. The maximum atomic E-state index is 13.2. The molecule has 1 aromatic heterocycles. The summed E-state index contributed by atoms with van der Waals surface area (Å²) in [6.07, 6.45) is -4.70. The smallest absolute Gasteiger partial charge is 0.354 e. The van der Waals surface area contributed by atoms with Gasteiger partial charge in [0.2, 0.25) is 5.95 Å². The highest BCUT2D eigenvalue weighted by Gasteiger charge is 2.33. The minimum absolute atomic E-state index is 0.0857. The van der Waals surface area contributed by atoms with Gasteiger partial charge in [-0.1, -0.05) is 15.9 Å². The molecule has 0 bridgehead atoms. The first-order valence-electron chi connectivity index (χ1n) is 8.98. The molecule has 0 fully saturated rings. The van der Waals surface area contributed by atoms with E-state index in [1.165, 1.54) is 0 Å². The molecule has 2 heterocycles. The quantitative estimate of drug-likeness (QED) is 0.429. The molecule has 2 aromatic carbocycles. The number of hydrogen-bond acceptors (Lipinski definition) is 5. The Labute approximate surface area is 176 Å². The Hall–Kier alpha value is -2.95. The number of nitrogens with zero attached hydrogens (tertiary/aromatic N) is 4. The zero-order valence-electron chi connectivity index (χ0n) is 15.6. The first-order valence-corrected chi connectivity index (χ1v) is 9.77. The van der Waals surface area contributed by atoms with Gasteiger partial charge in [0.25, 0.3) is 5.69 Å². The summed E-state index contributed by atoms with van der Waals surface area (Å²) in [5, 5.41) is 15.0. The van der Waals surface area contributed by atoms with Crippen molar-refractivity contribution < 1.29 is 18.1 Å². The van der Waals surface area contributed by atoms with E-state index >= 15 is 0 Å². The molecule has 0 radical (unpaired) electrons. The molecule has 0 aliphatic carbocycles. The fourth-order valence-corrected chi connectivity index (χ4v) is 3.76. The average molecular weight is 482 g/mol. The number of non-ortho nitro benzene ring substituents is 1. The van der Waals surface area contributed by atoms with Crippen molar-refractivity contribution in [3.05, 3.63) is 67.6 Å². The lowest BCUT2D eigenvalue weighted by molar-refractivity contribution is -0.385.